The van der Waals surface area contributed by atoms with E-state index in [0.29, 0.717) is 61.6 Å². The van der Waals surface area contributed by atoms with Gasteiger partial charge in [-0.15, -0.1) is 5.10 Å². The third kappa shape index (κ3) is 15.5. The number of amides is 4. The normalized spacial score (nSPS) is 18.0. The molecule has 2 fully saturated rings. The molecule has 1 aromatic heterocycles. The van der Waals surface area contributed by atoms with Crippen molar-refractivity contribution in [3.05, 3.63) is 107 Å². The number of morpholine rings is 1. The fourth-order valence-electron chi connectivity index (χ4n) is 8.11. The number of esters is 1. The molecule has 4 aromatic rings. The van der Waals surface area contributed by atoms with E-state index >= 15 is 0 Å². The predicted octanol–water partition coefficient (Wildman–Crippen LogP) is 3.53. The van der Waals surface area contributed by atoms with E-state index in [-0.39, 0.29) is 61.9 Å². The summed E-state index contributed by atoms with van der Waals surface area (Å²) in [7, 11) is 0. The number of rotatable bonds is 25. The van der Waals surface area contributed by atoms with Crippen LogP contribution < -0.4 is 30.7 Å². The van der Waals surface area contributed by atoms with Crippen LogP contribution in [0.5, 0.6) is 11.5 Å². The number of aryl methyl sites for hydroxylation is 1. The zero-order chi connectivity index (χ0) is 49.6. The molecule has 0 saturated carbocycles. The number of benzene rings is 3. The number of H-pyrrole nitrogens is 1. The maximum absolute atomic E-state index is 14.3. The number of carbonyl (C=O) groups is 6. The van der Waals surface area contributed by atoms with E-state index < -0.39 is 53.5 Å². The number of carbonyl (C=O) groups excluding carboxylic acids is 6. The summed E-state index contributed by atoms with van der Waals surface area (Å²) in [5, 5.41) is 21.9. The number of Topliss-reactive ketones (excluding diaryl/α,β-unsaturated/α-hetero) is 1. The van der Waals surface area contributed by atoms with Gasteiger partial charge in [0, 0.05) is 18.2 Å². The maximum atomic E-state index is 14.3. The number of ketones is 1. The van der Waals surface area contributed by atoms with E-state index in [0.717, 1.165) is 16.7 Å². The van der Waals surface area contributed by atoms with Crippen molar-refractivity contribution in [2.75, 3.05) is 39.5 Å². The van der Waals surface area contributed by atoms with E-state index in [1.54, 1.807) is 39.1 Å². The molecule has 2 aliphatic heterocycles. The van der Waals surface area contributed by atoms with E-state index in [9.17, 15) is 28.8 Å². The molecular weight excluding hydrogens is 885 g/mol. The molecule has 0 radical (unpaired) electrons. The van der Waals surface area contributed by atoms with Crippen molar-refractivity contribution in [2.24, 2.45) is 11.8 Å². The minimum Gasteiger partial charge on any atom is -0.483 e. The zero-order valence-electron chi connectivity index (χ0n) is 40.5. The average Bonchev–Trinajstić information content (AvgIpc) is 3.85. The molecule has 18 nitrogen and oxygen atoms in total. The first-order valence-electron chi connectivity index (χ1n) is 23.7. The Bertz CT molecular complexity index is 2350. The predicted molar refractivity (Wildman–Crippen MR) is 254 cm³/mol. The molecule has 0 bridgehead atoms. The van der Waals surface area contributed by atoms with E-state index in [4.69, 9.17) is 18.9 Å². The standard InChI is InChI=1S/C51H66N8O10/c1-33(2)25-41(46(61)51(6)32-68-51)55-49(64)42(26-37-15-11-8-12-16-37)56-47(62)35(5)53-48(63)40(19-17-36-13-9-7-10-14-36)54-45(60)30-59(21-23-66-24-22-59)29-38-18-20-43(69-50(65)34(3)4)44(27-38)67-31-39-28-52-58-57-39/h7-16,18,20,27-28,33-35,40-42H,17,19,21-26,29-32H2,1-6H3,(H4-,52,53,54,55,56,57,58,60,62,63,64)/p+1/t35-,40-,41-,42-,51+/m0/s1. The molecule has 5 N–H and O–H groups in total. The van der Waals surface area contributed by atoms with Crippen LogP contribution in [0.25, 0.3) is 0 Å². The molecule has 5 atom stereocenters. The molecule has 2 aliphatic rings. The Labute approximate surface area is 403 Å². The van der Waals surface area contributed by atoms with Gasteiger partial charge < -0.3 is 44.7 Å². The zero-order valence-corrected chi connectivity index (χ0v) is 40.5. The second-order valence-electron chi connectivity index (χ2n) is 19.0. The van der Waals surface area contributed by atoms with Crippen molar-refractivity contribution >= 4 is 35.4 Å². The Morgan fingerprint density at radius 1 is 0.768 bits per heavy atom. The Morgan fingerprint density at radius 3 is 2.04 bits per heavy atom. The second-order valence-corrected chi connectivity index (χ2v) is 19.0. The first-order chi connectivity index (χ1) is 33.0. The number of nitrogens with zero attached hydrogens (tertiary/aromatic N) is 3. The van der Waals surface area contributed by atoms with Gasteiger partial charge >= 0.3 is 5.97 Å². The van der Waals surface area contributed by atoms with Crippen LogP contribution in [0.15, 0.2) is 85.1 Å². The van der Waals surface area contributed by atoms with Gasteiger partial charge in [0.05, 0.1) is 31.8 Å². The topological polar surface area (TPSA) is 232 Å². The number of hydrogen-bond donors (Lipinski definition) is 5. The number of quaternary nitrogens is 1. The molecule has 4 amide bonds. The van der Waals surface area contributed by atoms with Crippen molar-refractivity contribution < 1.29 is 52.2 Å². The largest absolute Gasteiger partial charge is 0.483 e. The lowest BCUT2D eigenvalue weighted by Gasteiger charge is -2.41. The van der Waals surface area contributed by atoms with Crippen molar-refractivity contribution in [1.82, 2.24) is 36.7 Å². The molecule has 69 heavy (non-hydrogen) atoms. The molecule has 370 valence electrons. The third-order valence-corrected chi connectivity index (χ3v) is 12.3. The van der Waals surface area contributed by atoms with E-state index in [2.05, 4.69) is 36.7 Å². The second kappa shape index (κ2) is 24.2. The molecule has 0 spiro atoms. The number of aromatic nitrogens is 3. The van der Waals surface area contributed by atoms with Crippen molar-refractivity contribution in [3.63, 3.8) is 0 Å². The lowest BCUT2D eigenvalue weighted by Crippen LogP contribution is -2.60. The Hall–Kier alpha value is -6.50. The fourth-order valence-corrected chi connectivity index (χ4v) is 8.11. The quantitative estimate of drug-likeness (QED) is 0.0278. The molecule has 0 unspecified atom stereocenters. The summed E-state index contributed by atoms with van der Waals surface area (Å²) in [6, 6.07) is 20.0. The van der Waals surface area contributed by atoms with Gasteiger partial charge in [-0.05, 0) is 68.4 Å². The molecule has 2 saturated heterocycles. The van der Waals surface area contributed by atoms with Gasteiger partial charge in [0.2, 0.25) is 17.7 Å². The number of epoxide rings is 1. The summed E-state index contributed by atoms with van der Waals surface area (Å²) in [5.74, 6) is -2.46. The highest BCUT2D eigenvalue weighted by Crippen LogP contribution is 2.32. The van der Waals surface area contributed by atoms with Crippen LogP contribution in [0, 0.1) is 11.8 Å². The summed E-state index contributed by atoms with van der Waals surface area (Å²) in [5.41, 5.74) is 2.14. The fraction of sp³-hybridized carbons (Fsp3) is 0.490. The van der Waals surface area contributed by atoms with Gasteiger partial charge in [-0.25, -0.2) is 0 Å². The molecular formula is C51H67N8O10+. The van der Waals surface area contributed by atoms with Gasteiger partial charge in [0.15, 0.2) is 23.8 Å². The van der Waals surface area contributed by atoms with Crippen LogP contribution in [0.2, 0.25) is 0 Å². The molecule has 3 heterocycles. The molecule has 0 aliphatic carbocycles. The van der Waals surface area contributed by atoms with Crippen molar-refractivity contribution in [1.29, 1.82) is 0 Å². The molecule has 3 aromatic carbocycles. The summed E-state index contributed by atoms with van der Waals surface area (Å²) < 4.78 is 23.2. The first-order valence-corrected chi connectivity index (χ1v) is 23.7. The van der Waals surface area contributed by atoms with Crippen LogP contribution in [-0.4, -0.2) is 124 Å². The SMILES string of the molecule is CC(C)C[C@H](NC(=O)[C@H](Cc1ccccc1)NC(=O)[C@H](C)NC(=O)[C@H](CCc1ccccc1)NC(=O)C[N+]1(Cc2ccc(OC(=O)C(C)C)c(OCc3c[nH]nn3)c2)CCOCC1)C(=O)[C@@]1(C)CO1. The number of nitrogens with one attached hydrogen (secondary N) is 5. The monoisotopic (exact) mass is 951 g/mol. The summed E-state index contributed by atoms with van der Waals surface area (Å²) in [4.78, 5) is 82.5. The number of aromatic amines is 1. The molecule has 6 rings (SSSR count). The summed E-state index contributed by atoms with van der Waals surface area (Å²) in [6.45, 7) is 13.2. The summed E-state index contributed by atoms with van der Waals surface area (Å²) in [6.07, 6.45) is 2.80. The highest BCUT2D eigenvalue weighted by atomic mass is 16.6. The summed E-state index contributed by atoms with van der Waals surface area (Å²) >= 11 is 0. The number of ether oxygens (including phenoxy) is 4. The Balaban J connectivity index is 1.16. The van der Waals surface area contributed by atoms with Gasteiger partial charge in [0.25, 0.3) is 5.91 Å². The third-order valence-electron chi connectivity index (χ3n) is 12.3. The van der Waals surface area contributed by atoms with Crippen LogP contribution in [-0.2, 0) is 64.2 Å². The first kappa shape index (κ1) is 51.9. The lowest BCUT2D eigenvalue weighted by molar-refractivity contribution is -0.940. The van der Waals surface area contributed by atoms with Crippen LogP contribution in [0.4, 0.5) is 0 Å². The van der Waals surface area contributed by atoms with Gasteiger partial charge in [0.1, 0.15) is 55.7 Å². The van der Waals surface area contributed by atoms with Gasteiger partial charge in [-0.2, -0.15) is 0 Å². The van der Waals surface area contributed by atoms with Crippen LogP contribution in [0.1, 0.15) is 76.8 Å². The lowest BCUT2D eigenvalue weighted by atomic mass is 9.93. The smallest absolute Gasteiger partial charge is 0.313 e. The van der Waals surface area contributed by atoms with Crippen LogP contribution in [0.3, 0.4) is 0 Å². The van der Waals surface area contributed by atoms with E-state index in [1.807, 2.05) is 80.6 Å². The van der Waals surface area contributed by atoms with Crippen molar-refractivity contribution in [2.45, 2.75) is 110 Å². The minimum absolute atomic E-state index is 0.00952. The van der Waals surface area contributed by atoms with Crippen molar-refractivity contribution in [3.8, 4) is 11.5 Å². The highest BCUT2D eigenvalue weighted by Gasteiger charge is 2.50. The Kier molecular flexibility index (Phi) is 18.2. The van der Waals surface area contributed by atoms with E-state index in [1.165, 1.54) is 6.92 Å². The highest BCUT2D eigenvalue weighted by molar-refractivity contribution is 5.98. The van der Waals surface area contributed by atoms with Gasteiger partial charge in [-0.3, -0.25) is 33.9 Å². The average molecular weight is 952 g/mol. The van der Waals surface area contributed by atoms with Gasteiger partial charge in [-0.1, -0.05) is 93.6 Å². The number of hydrogen-bond acceptors (Lipinski definition) is 12. The molecule has 18 heteroatoms. The maximum Gasteiger partial charge on any atom is 0.313 e. The minimum atomic E-state index is -1.12. The van der Waals surface area contributed by atoms with Crippen LogP contribution >= 0.6 is 0 Å². The Morgan fingerprint density at radius 2 is 1.42 bits per heavy atom.